The number of aliphatic hydroxyl groups excluding tert-OH is 1. The highest BCUT2D eigenvalue weighted by molar-refractivity contribution is 7.89. The van der Waals surface area contributed by atoms with Crippen LogP contribution in [0.25, 0.3) is 0 Å². The van der Waals surface area contributed by atoms with E-state index in [-0.39, 0.29) is 23.5 Å². The van der Waals surface area contributed by atoms with Crippen molar-refractivity contribution in [1.29, 1.82) is 0 Å². The van der Waals surface area contributed by atoms with Gasteiger partial charge in [0.05, 0.1) is 12.0 Å². The van der Waals surface area contributed by atoms with Crippen molar-refractivity contribution in [3.8, 4) is 5.75 Å². The maximum atomic E-state index is 12.2. The molecule has 20 heavy (non-hydrogen) atoms. The third-order valence-corrected chi connectivity index (χ3v) is 4.60. The molecule has 1 rings (SSSR count). The number of sulfonamides is 1. The molecule has 0 aromatic heterocycles. The number of methoxy groups -OCH3 is 1. The highest BCUT2D eigenvalue weighted by Crippen LogP contribution is 2.23. The first-order valence-corrected chi connectivity index (χ1v) is 7.95. The van der Waals surface area contributed by atoms with Gasteiger partial charge in [-0.05, 0) is 42.5 Å². The van der Waals surface area contributed by atoms with Crippen LogP contribution < -0.4 is 9.46 Å². The Hall–Kier alpha value is -1.11. The van der Waals surface area contributed by atoms with E-state index >= 15 is 0 Å². The number of aryl methyl sites for hydroxylation is 1. The van der Waals surface area contributed by atoms with Crippen molar-refractivity contribution >= 4 is 10.0 Å². The summed E-state index contributed by atoms with van der Waals surface area (Å²) in [6.45, 7) is 5.93. The van der Waals surface area contributed by atoms with E-state index in [0.29, 0.717) is 12.2 Å². The second kappa shape index (κ2) is 6.56. The number of aliphatic hydroxyl groups is 1. The lowest BCUT2D eigenvalue weighted by molar-refractivity contribution is 0.213. The highest BCUT2D eigenvalue weighted by atomic mass is 32.2. The molecule has 0 radical (unpaired) electrons. The Morgan fingerprint density at radius 2 is 2.00 bits per heavy atom. The Kier molecular flexibility index (Phi) is 5.56. The zero-order valence-electron chi connectivity index (χ0n) is 12.4. The summed E-state index contributed by atoms with van der Waals surface area (Å²) in [6.07, 6.45) is 0.539. The van der Waals surface area contributed by atoms with Gasteiger partial charge in [0.2, 0.25) is 10.0 Å². The lowest BCUT2D eigenvalue weighted by Crippen LogP contribution is -2.34. The minimum absolute atomic E-state index is 0.0381. The number of nitrogens with one attached hydrogen (secondary N) is 1. The molecule has 0 atom stereocenters. The van der Waals surface area contributed by atoms with Crippen LogP contribution in [0.4, 0.5) is 0 Å². The molecule has 0 spiro atoms. The first kappa shape index (κ1) is 16.9. The van der Waals surface area contributed by atoms with Crippen molar-refractivity contribution in [2.45, 2.75) is 32.1 Å². The van der Waals surface area contributed by atoms with Crippen LogP contribution in [0.5, 0.6) is 5.75 Å². The fourth-order valence-corrected chi connectivity index (χ4v) is 3.11. The molecule has 0 unspecified atom stereocenters. The summed E-state index contributed by atoms with van der Waals surface area (Å²) in [7, 11) is -2.00. The van der Waals surface area contributed by atoms with Gasteiger partial charge < -0.3 is 9.84 Å². The maximum absolute atomic E-state index is 12.2. The largest absolute Gasteiger partial charge is 0.496 e. The maximum Gasteiger partial charge on any atom is 0.240 e. The Balaban J connectivity index is 2.87. The van der Waals surface area contributed by atoms with Gasteiger partial charge in [0, 0.05) is 13.2 Å². The third kappa shape index (κ3) is 4.47. The summed E-state index contributed by atoms with van der Waals surface area (Å²) in [5.74, 6) is 0.657. The topological polar surface area (TPSA) is 75.6 Å². The van der Waals surface area contributed by atoms with Gasteiger partial charge in [-0.15, -0.1) is 0 Å². The van der Waals surface area contributed by atoms with Gasteiger partial charge in [0.25, 0.3) is 0 Å². The molecule has 0 amide bonds. The number of benzene rings is 1. The molecule has 0 aliphatic rings. The van der Waals surface area contributed by atoms with Crippen molar-refractivity contribution in [3.05, 3.63) is 23.8 Å². The molecule has 0 heterocycles. The second-order valence-electron chi connectivity index (χ2n) is 5.59. The smallest absolute Gasteiger partial charge is 0.240 e. The van der Waals surface area contributed by atoms with Crippen LogP contribution >= 0.6 is 0 Å². The first-order valence-electron chi connectivity index (χ1n) is 6.47. The lowest BCUT2D eigenvalue weighted by atomic mass is 9.90. The normalized spacial score (nSPS) is 12.4. The molecule has 2 N–H and O–H groups in total. The molecule has 5 nitrogen and oxygen atoms in total. The molecule has 0 aliphatic heterocycles. The summed E-state index contributed by atoms with van der Waals surface area (Å²) in [6, 6.07) is 4.75. The Bertz CT molecular complexity index is 552. The van der Waals surface area contributed by atoms with E-state index in [9.17, 15) is 8.42 Å². The molecule has 1 aromatic rings. The number of hydrogen-bond acceptors (Lipinski definition) is 4. The molecule has 0 fully saturated rings. The third-order valence-electron chi connectivity index (χ3n) is 3.21. The summed E-state index contributed by atoms with van der Waals surface area (Å²) in [4.78, 5) is 0.218. The summed E-state index contributed by atoms with van der Waals surface area (Å²) in [5.41, 5.74) is 0.480. The van der Waals surface area contributed by atoms with Crippen LogP contribution in [0, 0.1) is 12.3 Å². The standard InChI is InChI=1S/C14H23NO4S/c1-11-9-12(5-6-13(11)19-4)20(17,18)15-10-14(2,3)7-8-16/h5-6,9,15-16H,7-8,10H2,1-4H3. The van der Waals surface area contributed by atoms with E-state index in [1.165, 1.54) is 6.07 Å². The highest BCUT2D eigenvalue weighted by Gasteiger charge is 2.22. The predicted octanol–water partition coefficient (Wildman–Crippen LogP) is 1.69. The molecule has 0 saturated carbocycles. The van der Waals surface area contributed by atoms with E-state index < -0.39 is 10.0 Å². The van der Waals surface area contributed by atoms with Crippen LogP contribution in [0.2, 0.25) is 0 Å². The van der Waals surface area contributed by atoms with Gasteiger partial charge in [-0.3, -0.25) is 0 Å². The van der Waals surface area contributed by atoms with Crippen LogP contribution in [-0.2, 0) is 10.0 Å². The van der Waals surface area contributed by atoms with E-state index in [1.54, 1.807) is 26.2 Å². The number of hydrogen-bond donors (Lipinski definition) is 2. The van der Waals surface area contributed by atoms with Gasteiger partial charge in [0.15, 0.2) is 0 Å². The van der Waals surface area contributed by atoms with Crippen LogP contribution in [0.3, 0.4) is 0 Å². The fourth-order valence-electron chi connectivity index (χ4n) is 1.78. The first-order chi connectivity index (χ1) is 9.22. The average Bonchev–Trinajstić information content (AvgIpc) is 2.36. The van der Waals surface area contributed by atoms with Gasteiger partial charge in [-0.2, -0.15) is 0 Å². The number of rotatable bonds is 7. The summed E-state index contributed by atoms with van der Waals surface area (Å²) in [5, 5.41) is 8.95. The average molecular weight is 301 g/mol. The van der Waals surface area contributed by atoms with Crippen LogP contribution in [-0.4, -0.2) is 33.8 Å². The minimum Gasteiger partial charge on any atom is -0.496 e. The molecule has 6 heteroatoms. The van der Waals surface area contributed by atoms with Crippen LogP contribution in [0.15, 0.2) is 23.1 Å². The molecule has 114 valence electrons. The van der Waals surface area contributed by atoms with Gasteiger partial charge >= 0.3 is 0 Å². The van der Waals surface area contributed by atoms with Gasteiger partial charge in [0.1, 0.15) is 5.75 Å². The van der Waals surface area contributed by atoms with Gasteiger partial charge in [-0.1, -0.05) is 13.8 Å². The lowest BCUT2D eigenvalue weighted by Gasteiger charge is -2.23. The monoisotopic (exact) mass is 301 g/mol. The predicted molar refractivity (Wildman–Crippen MR) is 78.4 cm³/mol. The quantitative estimate of drug-likeness (QED) is 0.803. The molecule has 0 aliphatic carbocycles. The van der Waals surface area contributed by atoms with Crippen molar-refractivity contribution < 1.29 is 18.3 Å². The fraction of sp³-hybridized carbons (Fsp3) is 0.571. The van der Waals surface area contributed by atoms with E-state index in [2.05, 4.69) is 4.72 Å². The molecule has 0 saturated heterocycles. The summed E-state index contributed by atoms with van der Waals surface area (Å²) < 4.78 is 32.1. The van der Waals surface area contributed by atoms with E-state index in [4.69, 9.17) is 9.84 Å². The van der Waals surface area contributed by atoms with Crippen molar-refractivity contribution in [3.63, 3.8) is 0 Å². The summed E-state index contributed by atoms with van der Waals surface area (Å²) >= 11 is 0. The Morgan fingerprint density at radius 3 is 2.50 bits per heavy atom. The van der Waals surface area contributed by atoms with Gasteiger partial charge in [-0.25, -0.2) is 13.1 Å². The molecular formula is C14H23NO4S. The van der Waals surface area contributed by atoms with Crippen molar-refractivity contribution in [1.82, 2.24) is 4.72 Å². The Morgan fingerprint density at radius 1 is 1.35 bits per heavy atom. The molecule has 0 bridgehead atoms. The molecular weight excluding hydrogens is 278 g/mol. The van der Waals surface area contributed by atoms with Crippen LogP contribution in [0.1, 0.15) is 25.8 Å². The van der Waals surface area contributed by atoms with E-state index in [1.807, 2.05) is 13.8 Å². The zero-order valence-corrected chi connectivity index (χ0v) is 13.3. The molecule has 1 aromatic carbocycles. The zero-order chi connectivity index (χ0) is 15.4. The minimum atomic E-state index is -3.55. The van der Waals surface area contributed by atoms with Crippen molar-refractivity contribution in [2.24, 2.45) is 5.41 Å². The second-order valence-corrected chi connectivity index (χ2v) is 7.36. The SMILES string of the molecule is COc1ccc(S(=O)(=O)NCC(C)(C)CCO)cc1C. The van der Waals surface area contributed by atoms with E-state index in [0.717, 1.165) is 5.56 Å². The Labute approximate surface area is 121 Å². The van der Waals surface area contributed by atoms with Crippen molar-refractivity contribution in [2.75, 3.05) is 20.3 Å². The number of ether oxygens (including phenoxy) is 1.